The first-order valence-corrected chi connectivity index (χ1v) is 7.14. The molecule has 2 N–H and O–H groups in total. The van der Waals surface area contributed by atoms with Crippen LogP contribution in [-0.2, 0) is 0 Å². The molecule has 0 unspecified atom stereocenters. The Balaban J connectivity index is 2.30. The van der Waals surface area contributed by atoms with E-state index in [1.165, 1.54) is 17.8 Å². The average molecular weight is 377 g/mol. The molecule has 0 radical (unpaired) electrons. The molecular weight excluding hydrogens is 369 g/mol. The first kappa shape index (κ1) is 12.9. The molecule has 17 heavy (non-hydrogen) atoms. The number of nitrogen functional groups attached to an aromatic ring is 1. The van der Waals surface area contributed by atoms with Crippen LogP contribution in [0.15, 0.2) is 55.1 Å². The summed E-state index contributed by atoms with van der Waals surface area (Å²) < 4.78 is 14.7. The largest absolute Gasteiger partial charge is 0.398 e. The zero-order chi connectivity index (χ0) is 12.4. The van der Waals surface area contributed by atoms with Crippen molar-refractivity contribution >= 4 is 49.3 Å². The van der Waals surface area contributed by atoms with Crippen LogP contribution in [0.5, 0.6) is 0 Å². The van der Waals surface area contributed by atoms with E-state index in [9.17, 15) is 4.39 Å². The minimum atomic E-state index is -0.345. The van der Waals surface area contributed by atoms with Crippen molar-refractivity contribution in [3.63, 3.8) is 0 Å². The van der Waals surface area contributed by atoms with Gasteiger partial charge in [0.25, 0.3) is 0 Å². The minimum absolute atomic E-state index is 0.345. The van der Waals surface area contributed by atoms with E-state index in [1.54, 1.807) is 6.07 Å². The number of halogens is 3. The lowest BCUT2D eigenvalue weighted by atomic mass is 10.3. The van der Waals surface area contributed by atoms with Gasteiger partial charge in [0.2, 0.25) is 0 Å². The van der Waals surface area contributed by atoms with E-state index in [-0.39, 0.29) is 5.82 Å². The van der Waals surface area contributed by atoms with Crippen molar-refractivity contribution in [3.05, 3.63) is 51.2 Å². The zero-order valence-corrected chi connectivity index (χ0v) is 12.6. The summed E-state index contributed by atoms with van der Waals surface area (Å²) in [4.78, 5) is 1.89. The van der Waals surface area contributed by atoms with E-state index in [1.807, 2.05) is 24.3 Å². The number of hydrogen-bond acceptors (Lipinski definition) is 2. The van der Waals surface area contributed by atoms with Gasteiger partial charge in [-0.3, -0.25) is 0 Å². The second kappa shape index (κ2) is 5.42. The summed E-state index contributed by atoms with van der Waals surface area (Å²) in [5.41, 5.74) is 6.22. The predicted molar refractivity (Wildman–Crippen MR) is 76.8 cm³/mol. The standard InChI is InChI=1S/C12H8Br2FNS/c13-7-1-3-8(4-2-7)17-12-5-9(14)10(15)6-11(12)16/h1-6H,16H2. The Morgan fingerprint density at radius 3 is 2.35 bits per heavy atom. The molecule has 0 heterocycles. The molecule has 0 saturated carbocycles. The Hall–Kier alpha value is -0.520. The van der Waals surface area contributed by atoms with Crippen LogP contribution >= 0.6 is 43.6 Å². The normalized spacial score (nSPS) is 10.5. The van der Waals surface area contributed by atoms with Gasteiger partial charge in [-0.1, -0.05) is 27.7 Å². The molecule has 88 valence electrons. The highest BCUT2D eigenvalue weighted by molar-refractivity contribution is 9.10. The monoisotopic (exact) mass is 375 g/mol. The Bertz CT molecular complexity index is 543. The maximum atomic E-state index is 13.2. The van der Waals surface area contributed by atoms with Crippen LogP contribution in [0.2, 0.25) is 0 Å². The Morgan fingerprint density at radius 2 is 1.71 bits per heavy atom. The summed E-state index contributed by atoms with van der Waals surface area (Å²) in [6.45, 7) is 0. The molecule has 0 fully saturated rings. The third-order valence-electron chi connectivity index (χ3n) is 2.09. The first-order chi connectivity index (χ1) is 8.06. The van der Waals surface area contributed by atoms with Crippen molar-refractivity contribution < 1.29 is 4.39 Å². The Labute approximate surface area is 120 Å². The molecule has 0 bridgehead atoms. The molecular formula is C12H8Br2FNS. The summed E-state index contributed by atoms with van der Waals surface area (Å²) in [7, 11) is 0. The van der Waals surface area contributed by atoms with Gasteiger partial charge in [0.05, 0.1) is 4.47 Å². The third kappa shape index (κ3) is 3.24. The van der Waals surface area contributed by atoms with Crippen molar-refractivity contribution in [1.82, 2.24) is 0 Å². The number of benzene rings is 2. The van der Waals surface area contributed by atoms with Gasteiger partial charge in [0, 0.05) is 20.0 Å². The lowest BCUT2D eigenvalue weighted by Crippen LogP contribution is -1.91. The highest BCUT2D eigenvalue weighted by Gasteiger charge is 2.07. The van der Waals surface area contributed by atoms with Gasteiger partial charge < -0.3 is 5.73 Å². The molecule has 0 spiro atoms. The van der Waals surface area contributed by atoms with Crippen molar-refractivity contribution in [3.8, 4) is 0 Å². The van der Waals surface area contributed by atoms with Gasteiger partial charge in [-0.15, -0.1) is 0 Å². The molecule has 0 amide bonds. The molecule has 2 rings (SSSR count). The van der Waals surface area contributed by atoms with Crippen molar-refractivity contribution in [1.29, 1.82) is 0 Å². The van der Waals surface area contributed by atoms with E-state index >= 15 is 0 Å². The van der Waals surface area contributed by atoms with Gasteiger partial charge >= 0.3 is 0 Å². The minimum Gasteiger partial charge on any atom is -0.398 e. The van der Waals surface area contributed by atoms with Crippen LogP contribution in [-0.4, -0.2) is 0 Å². The fourth-order valence-corrected chi connectivity index (χ4v) is 2.90. The number of nitrogens with two attached hydrogens (primary N) is 1. The molecule has 0 aliphatic carbocycles. The summed E-state index contributed by atoms with van der Waals surface area (Å²) in [5, 5.41) is 0. The topological polar surface area (TPSA) is 26.0 Å². The van der Waals surface area contributed by atoms with Gasteiger partial charge in [0.1, 0.15) is 5.82 Å². The van der Waals surface area contributed by atoms with Crippen LogP contribution in [0, 0.1) is 5.82 Å². The van der Waals surface area contributed by atoms with Gasteiger partial charge in [0.15, 0.2) is 0 Å². The van der Waals surface area contributed by atoms with E-state index < -0.39 is 0 Å². The average Bonchev–Trinajstić information content (AvgIpc) is 2.29. The Kier molecular flexibility index (Phi) is 4.12. The van der Waals surface area contributed by atoms with Crippen molar-refractivity contribution in [2.24, 2.45) is 0 Å². The van der Waals surface area contributed by atoms with Crippen LogP contribution in [0.3, 0.4) is 0 Å². The molecule has 2 aromatic carbocycles. The number of rotatable bonds is 2. The van der Waals surface area contributed by atoms with Crippen LogP contribution < -0.4 is 5.73 Å². The van der Waals surface area contributed by atoms with Crippen LogP contribution in [0.4, 0.5) is 10.1 Å². The molecule has 0 atom stereocenters. The summed E-state index contributed by atoms with van der Waals surface area (Å²) in [5.74, 6) is -0.345. The van der Waals surface area contributed by atoms with E-state index in [2.05, 4.69) is 31.9 Å². The highest BCUT2D eigenvalue weighted by atomic mass is 79.9. The molecule has 2 aromatic rings. The maximum absolute atomic E-state index is 13.2. The second-order valence-corrected chi connectivity index (χ2v) is 6.25. The molecule has 5 heteroatoms. The second-order valence-electron chi connectivity index (χ2n) is 3.36. The number of hydrogen-bond donors (Lipinski definition) is 1. The van der Waals surface area contributed by atoms with E-state index in [4.69, 9.17) is 5.73 Å². The first-order valence-electron chi connectivity index (χ1n) is 4.74. The molecule has 0 aromatic heterocycles. The van der Waals surface area contributed by atoms with Crippen LogP contribution in [0.25, 0.3) is 0 Å². The molecule has 1 nitrogen and oxygen atoms in total. The molecule has 0 saturated heterocycles. The zero-order valence-electron chi connectivity index (χ0n) is 8.58. The lowest BCUT2D eigenvalue weighted by molar-refractivity contribution is 0.620. The third-order valence-corrected chi connectivity index (χ3v) is 4.31. The summed E-state index contributed by atoms with van der Waals surface area (Å²) >= 11 is 8.03. The lowest BCUT2D eigenvalue weighted by Gasteiger charge is -2.07. The highest BCUT2D eigenvalue weighted by Crippen LogP contribution is 2.35. The Morgan fingerprint density at radius 1 is 1.06 bits per heavy atom. The fraction of sp³-hybridized carbons (Fsp3) is 0. The molecule has 0 aliphatic rings. The van der Waals surface area contributed by atoms with Crippen molar-refractivity contribution in [2.75, 3.05) is 5.73 Å². The SMILES string of the molecule is Nc1cc(F)c(Br)cc1Sc1ccc(Br)cc1. The quantitative estimate of drug-likeness (QED) is 0.739. The predicted octanol–water partition coefficient (Wildman–Crippen LogP) is 5.08. The number of anilines is 1. The van der Waals surface area contributed by atoms with Gasteiger partial charge in [-0.2, -0.15) is 0 Å². The van der Waals surface area contributed by atoms with Gasteiger partial charge in [-0.05, 0) is 52.3 Å². The summed E-state index contributed by atoms with van der Waals surface area (Å²) in [6, 6.07) is 10.9. The van der Waals surface area contributed by atoms with E-state index in [0.717, 1.165) is 14.3 Å². The van der Waals surface area contributed by atoms with Crippen LogP contribution in [0.1, 0.15) is 0 Å². The summed E-state index contributed by atoms with van der Waals surface area (Å²) in [6.07, 6.45) is 0. The maximum Gasteiger partial charge on any atom is 0.139 e. The fourth-order valence-electron chi connectivity index (χ4n) is 1.26. The molecule has 0 aliphatic heterocycles. The van der Waals surface area contributed by atoms with Gasteiger partial charge in [-0.25, -0.2) is 4.39 Å². The smallest absolute Gasteiger partial charge is 0.139 e. The van der Waals surface area contributed by atoms with Crippen molar-refractivity contribution in [2.45, 2.75) is 9.79 Å². The van der Waals surface area contributed by atoms with E-state index in [0.29, 0.717) is 10.2 Å².